The topological polar surface area (TPSA) is 59.4 Å². The number of fused-ring (bicyclic) bond motifs is 1. The van der Waals surface area contributed by atoms with E-state index in [1.807, 2.05) is 72.0 Å². The molecule has 1 heterocycles. The summed E-state index contributed by atoms with van der Waals surface area (Å²) >= 11 is 0. The zero-order chi connectivity index (χ0) is 27.8. The first kappa shape index (κ1) is 32.7. The fraction of sp³-hybridized carbons (Fsp3) is 0.471. The van der Waals surface area contributed by atoms with Crippen molar-refractivity contribution in [1.82, 2.24) is 4.98 Å². The standard InChI is InChI=1S/C21H20NO.C13H24O2.Ir/c1-3-8-16(9-4-1)19-13-7-10-17-15-22-21(14-20(17)19)23-18-11-5-2-6-12-18;1-7-12(3,4)10(14)9-11(15)13(5,6)8-2;/h2,5-7,10-11,13-16H,1,3-4,8-9H2;9,14H,7-8H2,1-6H3;/q-1;;/b;10-9-;. The van der Waals surface area contributed by atoms with Gasteiger partial charge in [-0.15, -0.1) is 12.1 Å². The van der Waals surface area contributed by atoms with Crippen molar-refractivity contribution in [3.8, 4) is 11.6 Å². The molecule has 1 fully saturated rings. The number of aromatic nitrogens is 1. The Labute approximate surface area is 248 Å². The van der Waals surface area contributed by atoms with Crippen molar-refractivity contribution in [3.63, 3.8) is 0 Å². The van der Waals surface area contributed by atoms with Crippen LogP contribution < -0.4 is 4.74 Å². The quantitative estimate of drug-likeness (QED) is 0.144. The normalized spacial score (nSPS) is 14.7. The van der Waals surface area contributed by atoms with E-state index in [2.05, 4.69) is 35.3 Å². The molecule has 1 aromatic heterocycles. The molecule has 1 aliphatic rings. The fourth-order valence-electron chi connectivity index (χ4n) is 4.42. The number of nitrogens with zero attached hydrogens (tertiary/aromatic N) is 1. The summed E-state index contributed by atoms with van der Waals surface area (Å²) in [7, 11) is 0. The van der Waals surface area contributed by atoms with Crippen molar-refractivity contribution in [3.05, 3.63) is 78.2 Å². The number of pyridine rings is 1. The summed E-state index contributed by atoms with van der Waals surface area (Å²) in [4.78, 5) is 16.3. The molecule has 0 unspecified atom stereocenters. The van der Waals surface area contributed by atoms with Gasteiger partial charge < -0.3 is 9.84 Å². The largest absolute Gasteiger partial charge is 0.512 e. The molecule has 1 aliphatic carbocycles. The van der Waals surface area contributed by atoms with Crippen LogP contribution >= 0.6 is 0 Å². The van der Waals surface area contributed by atoms with Gasteiger partial charge in [0.05, 0.1) is 0 Å². The molecule has 0 bridgehead atoms. The molecule has 0 amide bonds. The number of hydrogen-bond donors (Lipinski definition) is 1. The Morgan fingerprint density at radius 3 is 2.33 bits per heavy atom. The van der Waals surface area contributed by atoms with Gasteiger partial charge in [0.15, 0.2) is 5.78 Å². The van der Waals surface area contributed by atoms with Crippen LogP contribution in [0.15, 0.2) is 66.6 Å². The number of hydrogen-bond acceptors (Lipinski definition) is 4. The molecule has 5 heteroatoms. The summed E-state index contributed by atoms with van der Waals surface area (Å²) in [5.74, 6) is 2.21. The smallest absolute Gasteiger partial charge is 0.217 e. The SMILES string of the molecule is CCC(C)(C)C(=O)/C=C(\O)C(C)(C)CC.[Ir].[c-]1ccccc1Oc1cc2c(C3CCCCC3)cccc2cn1. The van der Waals surface area contributed by atoms with Crippen molar-refractivity contribution >= 4 is 16.6 Å². The number of aliphatic hydroxyl groups excluding tert-OH is 1. The second-order valence-electron chi connectivity index (χ2n) is 11.6. The van der Waals surface area contributed by atoms with Crippen LogP contribution in [0.3, 0.4) is 0 Å². The molecule has 1 radical (unpaired) electrons. The van der Waals surface area contributed by atoms with E-state index in [1.54, 1.807) is 0 Å². The third-order valence-electron chi connectivity index (χ3n) is 8.11. The van der Waals surface area contributed by atoms with Gasteiger partial charge in [0.25, 0.3) is 0 Å². The number of rotatable bonds is 8. The number of ether oxygens (including phenoxy) is 1. The van der Waals surface area contributed by atoms with Gasteiger partial charge in [-0.1, -0.05) is 79.0 Å². The molecule has 0 spiro atoms. The van der Waals surface area contributed by atoms with E-state index in [9.17, 15) is 9.90 Å². The van der Waals surface area contributed by atoms with Crippen LogP contribution in [0.5, 0.6) is 11.6 Å². The molecule has 4 nitrogen and oxygen atoms in total. The number of carbonyl (C=O) groups excluding carboxylic acids is 1. The first-order chi connectivity index (χ1) is 18.1. The van der Waals surface area contributed by atoms with E-state index in [-0.39, 0.29) is 42.5 Å². The molecule has 3 aromatic rings. The summed E-state index contributed by atoms with van der Waals surface area (Å²) in [5, 5.41) is 12.3. The van der Waals surface area contributed by atoms with Crippen LogP contribution in [0.1, 0.15) is 98.0 Å². The average Bonchev–Trinajstić information content (AvgIpc) is 2.94. The van der Waals surface area contributed by atoms with Gasteiger partial charge in [-0.05, 0) is 42.6 Å². The summed E-state index contributed by atoms with van der Waals surface area (Å²) in [5.41, 5.74) is 0.767. The maximum Gasteiger partial charge on any atom is 0.217 e. The van der Waals surface area contributed by atoms with E-state index in [1.165, 1.54) is 54.5 Å². The van der Waals surface area contributed by atoms with E-state index in [4.69, 9.17) is 4.74 Å². The van der Waals surface area contributed by atoms with Gasteiger partial charge in [0.2, 0.25) is 5.88 Å². The molecule has 213 valence electrons. The molecule has 2 aromatic carbocycles. The van der Waals surface area contributed by atoms with Crippen LogP contribution in [-0.4, -0.2) is 15.9 Å². The third-order valence-corrected chi connectivity index (χ3v) is 8.11. The van der Waals surface area contributed by atoms with Crippen LogP contribution in [0.25, 0.3) is 10.8 Å². The Kier molecular flexibility index (Phi) is 12.4. The predicted molar refractivity (Wildman–Crippen MR) is 157 cm³/mol. The van der Waals surface area contributed by atoms with Crippen molar-refractivity contribution in [1.29, 1.82) is 0 Å². The van der Waals surface area contributed by atoms with Gasteiger partial charge in [0, 0.05) is 60.4 Å². The number of aliphatic hydroxyl groups is 1. The minimum Gasteiger partial charge on any atom is -0.512 e. The zero-order valence-electron chi connectivity index (χ0n) is 24.3. The minimum atomic E-state index is -0.377. The Morgan fingerprint density at radius 1 is 1.03 bits per heavy atom. The Morgan fingerprint density at radius 2 is 1.72 bits per heavy atom. The second kappa shape index (κ2) is 14.8. The van der Waals surface area contributed by atoms with Crippen LogP contribution in [0.2, 0.25) is 0 Å². The maximum atomic E-state index is 11.8. The van der Waals surface area contributed by atoms with E-state index in [0.29, 0.717) is 17.5 Å². The van der Waals surface area contributed by atoms with Gasteiger partial charge >= 0.3 is 0 Å². The van der Waals surface area contributed by atoms with Gasteiger partial charge in [-0.3, -0.25) is 4.79 Å². The number of para-hydroxylation sites is 1. The zero-order valence-corrected chi connectivity index (χ0v) is 26.7. The summed E-state index contributed by atoms with van der Waals surface area (Å²) in [6.07, 6.45) is 11.6. The number of allylic oxidation sites excluding steroid dienone is 2. The predicted octanol–water partition coefficient (Wildman–Crippen LogP) is 9.74. The minimum absolute atomic E-state index is 0. The van der Waals surface area contributed by atoms with Gasteiger partial charge in [0.1, 0.15) is 5.76 Å². The van der Waals surface area contributed by atoms with E-state index in [0.717, 1.165) is 12.8 Å². The van der Waals surface area contributed by atoms with Crippen molar-refractivity contribution in [2.24, 2.45) is 10.8 Å². The molecular formula is C34H44IrNO3-. The van der Waals surface area contributed by atoms with Crippen molar-refractivity contribution < 1.29 is 34.7 Å². The molecule has 0 aliphatic heterocycles. The average molecular weight is 707 g/mol. The van der Waals surface area contributed by atoms with Crippen molar-refractivity contribution in [2.75, 3.05) is 0 Å². The van der Waals surface area contributed by atoms with Gasteiger partial charge in [-0.2, -0.15) is 18.2 Å². The van der Waals surface area contributed by atoms with Crippen molar-refractivity contribution in [2.45, 2.75) is 92.4 Å². The van der Waals surface area contributed by atoms with Crippen LogP contribution in [-0.2, 0) is 24.9 Å². The Hall–Kier alpha value is -2.49. The number of benzene rings is 2. The molecule has 1 N–H and O–H groups in total. The first-order valence-electron chi connectivity index (χ1n) is 14.1. The molecule has 39 heavy (non-hydrogen) atoms. The molecule has 4 rings (SSSR count). The molecular weight excluding hydrogens is 663 g/mol. The fourth-order valence-corrected chi connectivity index (χ4v) is 4.42. The molecule has 0 saturated heterocycles. The number of carbonyl (C=O) groups is 1. The van der Waals surface area contributed by atoms with E-state index >= 15 is 0 Å². The molecule has 0 atom stereocenters. The summed E-state index contributed by atoms with van der Waals surface area (Å²) < 4.78 is 5.86. The summed E-state index contributed by atoms with van der Waals surface area (Å²) in [6.45, 7) is 11.7. The summed E-state index contributed by atoms with van der Waals surface area (Å²) in [6, 6.07) is 19.4. The Balaban J connectivity index is 0.000000294. The second-order valence-corrected chi connectivity index (χ2v) is 11.6. The Bertz CT molecular complexity index is 1230. The maximum absolute atomic E-state index is 11.8. The van der Waals surface area contributed by atoms with Crippen LogP contribution in [0.4, 0.5) is 0 Å². The monoisotopic (exact) mass is 707 g/mol. The van der Waals surface area contributed by atoms with Gasteiger partial charge in [-0.25, -0.2) is 4.98 Å². The van der Waals surface area contributed by atoms with E-state index < -0.39 is 0 Å². The number of ketones is 1. The molecule has 1 saturated carbocycles. The van der Waals surface area contributed by atoms with Crippen LogP contribution in [0, 0.1) is 16.9 Å². The third kappa shape index (κ3) is 9.01. The first-order valence-corrected chi connectivity index (χ1v) is 14.1.